The Bertz CT molecular complexity index is 207. The van der Waals surface area contributed by atoms with Crippen molar-refractivity contribution in [3.05, 3.63) is 0 Å². The Balaban J connectivity index is 3.88. The molecule has 5 heteroatoms. The minimum atomic E-state index is -0.961. The van der Waals surface area contributed by atoms with Gasteiger partial charge in [-0.1, -0.05) is 0 Å². The van der Waals surface area contributed by atoms with Crippen LogP contribution >= 0.6 is 11.8 Å². The van der Waals surface area contributed by atoms with Crippen molar-refractivity contribution in [3.63, 3.8) is 0 Å². The third-order valence-electron chi connectivity index (χ3n) is 2.02. The van der Waals surface area contributed by atoms with Crippen LogP contribution in [0.5, 0.6) is 0 Å². The van der Waals surface area contributed by atoms with Crippen molar-refractivity contribution in [2.45, 2.75) is 44.6 Å². The molecule has 0 amide bonds. The molecule has 1 atom stereocenters. The van der Waals surface area contributed by atoms with Gasteiger partial charge in [0.1, 0.15) is 6.04 Å². The summed E-state index contributed by atoms with van der Waals surface area (Å²) in [5.74, 6) is -0.205. The molecule has 3 N–H and O–H groups in total. The Kier molecular flexibility index (Phi) is 6.24. The monoisotopic (exact) mass is 235 g/mol. The normalized spacial score (nSPS) is 14.3. The molecule has 0 aliphatic carbocycles. The van der Waals surface area contributed by atoms with Gasteiger partial charge in [0.2, 0.25) is 0 Å². The van der Waals surface area contributed by atoms with Crippen LogP contribution in [-0.2, 0) is 9.53 Å². The number of ether oxygens (including phenoxy) is 1. The Morgan fingerprint density at radius 2 is 2.07 bits per heavy atom. The van der Waals surface area contributed by atoms with Gasteiger partial charge in [0.25, 0.3) is 0 Å². The van der Waals surface area contributed by atoms with E-state index in [9.17, 15) is 4.79 Å². The fraction of sp³-hybridized carbons (Fsp3) is 0.900. The second-order valence-electron chi connectivity index (χ2n) is 4.19. The molecule has 0 bridgehead atoms. The van der Waals surface area contributed by atoms with Crippen LogP contribution in [0.4, 0.5) is 0 Å². The van der Waals surface area contributed by atoms with Crippen molar-refractivity contribution in [2.75, 3.05) is 12.4 Å². The largest absolute Gasteiger partial charge is 0.480 e. The van der Waals surface area contributed by atoms with Crippen LogP contribution in [0.1, 0.15) is 27.7 Å². The van der Waals surface area contributed by atoms with E-state index in [1.165, 1.54) is 11.8 Å². The highest BCUT2D eigenvalue weighted by atomic mass is 32.2. The number of carboxylic acids is 1. The topological polar surface area (TPSA) is 72.5 Å². The third kappa shape index (κ3) is 6.02. The smallest absolute Gasteiger partial charge is 0.321 e. The molecule has 4 nitrogen and oxygen atoms in total. The van der Waals surface area contributed by atoms with Gasteiger partial charge in [-0.2, -0.15) is 11.8 Å². The van der Waals surface area contributed by atoms with Crippen LogP contribution in [0.3, 0.4) is 0 Å². The van der Waals surface area contributed by atoms with Crippen LogP contribution in [-0.4, -0.2) is 40.3 Å². The number of nitrogens with two attached hydrogens (primary N) is 1. The molecule has 0 rings (SSSR count). The minimum Gasteiger partial charge on any atom is -0.480 e. The lowest BCUT2D eigenvalue weighted by atomic mass is 10.1. The molecule has 0 aromatic rings. The zero-order chi connectivity index (χ0) is 12.1. The molecule has 0 aromatic heterocycles. The van der Waals surface area contributed by atoms with Crippen LogP contribution in [0, 0.1) is 0 Å². The summed E-state index contributed by atoms with van der Waals surface area (Å²) in [7, 11) is 0. The van der Waals surface area contributed by atoms with Gasteiger partial charge >= 0.3 is 5.97 Å². The van der Waals surface area contributed by atoms with Crippen LogP contribution in [0.15, 0.2) is 0 Å². The molecule has 0 aliphatic rings. The maximum absolute atomic E-state index is 10.7. The van der Waals surface area contributed by atoms with Gasteiger partial charge in [-0.3, -0.25) is 4.79 Å². The highest BCUT2D eigenvalue weighted by molar-refractivity contribution is 8.00. The van der Waals surface area contributed by atoms with E-state index in [0.29, 0.717) is 6.61 Å². The van der Waals surface area contributed by atoms with Gasteiger partial charge in [-0.05, 0) is 27.7 Å². The predicted molar refractivity (Wildman–Crippen MR) is 63.2 cm³/mol. The number of thioether (sulfide) groups is 1. The SMILES string of the molecule is CC(C)OCCSC(C)(C)[C@@H](N)C(=O)O. The molecule has 0 heterocycles. The average Bonchev–Trinajstić information content (AvgIpc) is 2.10. The Morgan fingerprint density at radius 3 is 2.47 bits per heavy atom. The van der Waals surface area contributed by atoms with Gasteiger partial charge in [0.05, 0.1) is 12.7 Å². The fourth-order valence-corrected chi connectivity index (χ4v) is 1.96. The Hall–Kier alpha value is -0.260. The maximum Gasteiger partial charge on any atom is 0.321 e. The molecule has 15 heavy (non-hydrogen) atoms. The summed E-state index contributed by atoms with van der Waals surface area (Å²) in [5.41, 5.74) is 5.58. The molecule has 0 saturated carbocycles. The molecule has 0 aromatic carbocycles. The molecule has 0 radical (unpaired) electrons. The lowest BCUT2D eigenvalue weighted by molar-refractivity contribution is -0.139. The summed E-state index contributed by atoms with van der Waals surface area (Å²) in [4.78, 5) is 10.7. The molecular formula is C10H21NO3S. The number of rotatable bonds is 7. The van der Waals surface area contributed by atoms with E-state index in [1.807, 2.05) is 27.7 Å². The van der Waals surface area contributed by atoms with Gasteiger partial charge in [0.15, 0.2) is 0 Å². The van der Waals surface area contributed by atoms with Gasteiger partial charge in [0, 0.05) is 10.5 Å². The van der Waals surface area contributed by atoms with Crippen molar-refractivity contribution >= 4 is 17.7 Å². The fourth-order valence-electron chi connectivity index (χ4n) is 0.976. The summed E-state index contributed by atoms with van der Waals surface area (Å²) >= 11 is 1.53. The molecular weight excluding hydrogens is 214 g/mol. The Morgan fingerprint density at radius 1 is 1.53 bits per heavy atom. The molecule has 0 saturated heterocycles. The van der Waals surface area contributed by atoms with Crippen LogP contribution in [0.2, 0.25) is 0 Å². The summed E-state index contributed by atoms with van der Waals surface area (Å²) in [6.45, 7) is 8.24. The summed E-state index contributed by atoms with van der Waals surface area (Å²) < 4.78 is 4.90. The van der Waals surface area contributed by atoms with E-state index < -0.39 is 16.8 Å². The number of hydrogen-bond acceptors (Lipinski definition) is 4. The first-order chi connectivity index (χ1) is 6.77. The molecule has 90 valence electrons. The van der Waals surface area contributed by atoms with Crippen molar-refractivity contribution in [1.82, 2.24) is 0 Å². The second-order valence-corrected chi connectivity index (χ2v) is 5.94. The predicted octanol–water partition coefficient (Wildman–Crippen LogP) is 1.34. The molecule has 0 aliphatic heterocycles. The number of carboxylic acid groups (broad SMARTS) is 1. The third-order valence-corrected chi connectivity index (χ3v) is 3.39. The summed E-state index contributed by atoms with van der Waals surface area (Å²) in [6, 6.07) is -0.846. The van der Waals surface area contributed by atoms with Gasteiger partial charge in [-0.15, -0.1) is 0 Å². The first-order valence-electron chi connectivity index (χ1n) is 5.01. The van der Waals surface area contributed by atoms with E-state index in [2.05, 4.69) is 0 Å². The highest BCUT2D eigenvalue weighted by Crippen LogP contribution is 2.27. The molecule has 0 fully saturated rings. The van der Waals surface area contributed by atoms with Crippen molar-refractivity contribution in [1.29, 1.82) is 0 Å². The standard InChI is InChI=1S/C10H21NO3S/c1-7(2)14-5-6-15-10(3,4)8(11)9(12)13/h7-8H,5-6,11H2,1-4H3,(H,12,13)/t8-/m0/s1. The van der Waals surface area contributed by atoms with Crippen LogP contribution in [0.25, 0.3) is 0 Å². The maximum atomic E-state index is 10.7. The highest BCUT2D eigenvalue weighted by Gasteiger charge is 2.32. The minimum absolute atomic E-state index is 0.210. The number of aliphatic carboxylic acids is 1. The zero-order valence-electron chi connectivity index (χ0n) is 9.82. The van der Waals surface area contributed by atoms with Gasteiger partial charge < -0.3 is 15.6 Å². The lowest BCUT2D eigenvalue weighted by Crippen LogP contribution is -2.47. The second kappa shape index (κ2) is 6.35. The van der Waals surface area contributed by atoms with Gasteiger partial charge in [-0.25, -0.2) is 0 Å². The average molecular weight is 235 g/mol. The number of carbonyl (C=O) groups is 1. The van der Waals surface area contributed by atoms with E-state index in [-0.39, 0.29) is 6.10 Å². The van der Waals surface area contributed by atoms with E-state index in [0.717, 1.165) is 5.75 Å². The van der Waals surface area contributed by atoms with Crippen molar-refractivity contribution in [3.8, 4) is 0 Å². The van der Waals surface area contributed by atoms with Crippen molar-refractivity contribution < 1.29 is 14.6 Å². The molecule has 0 spiro atoms. The van der Waals surface area contributed by atoms with E-state index in [4.69, 9.17) is 15.6 Å². The molecule has 0 unspecified atom stereocenters. The van der Waals surface area contributed by atoms with Crippen LogP contribution < -0.4 is 5.73 Å². The lowest BCUT2D eigenvalue weighted by Gasteiger charge is -2.28. The first-order valence-corrected chi connectivity index (χ1v) is 6.00. The Labute approximate surface area is 95.6 Å². The van der Waals surface area contributed by atoms with E-state index >= 15 is 0 Å². The zero-order valence-corrected chi connectivity index (χ0v) is 10.6. The quantitative estimate of drug-likeness (QED) is 0.651. The summed E-state index contributed by atoms with van der Waals surface area (Å²) in [6.07, 6.45) is 0.210. The van der Waals surface area contributed by atoms with E-state index in [1.54, 1.807) is 0 Å². The number of hydrogen-bond donors (Lipinski definition) is 2. The first kappa shape index (κ1) is 14.7. The van der Waals surface area contributed by atoms with Crippen molar-refractivity contribution in [2.24, 2.45) is 5.73 Å². The summed E-state index contributed by atoms with van der Waals surface area (Å²) in [5, 5.41) is 8.79.